The van der Waals surface area contributed by atoms with Gasteiger partial charge in [-0.2, -0.15) is 5.26 Å². The molecule has 2 N–H and O–H groups in total. The number of rotatable bonds is 1. The van der Waals surface area contributed by atoms with Crippen molar-refractivity contribution in [2.45, 2.75) is 0 Å². The molecule has 1 heterocycles. The van der Waals surface area contributed by atoms with Crippen molar-refractivity contribution in [3.63, 3.8) is 0 Å². The zero-order chi connectivity index (χ0) is 11.4. The quantitative estimate of drug-likeness (QED) is 0.423. The van der Waals surface area contributed by atoms with Crippen LogP contribution in [0.15, 0.2) is 28.2 Å². The van der Waals surface area contributed by atoms with E-state index in [1.807, 2.05) is 0 Å². The second-order valence-corrected chi connectivity index (χ2v) is 2.94. The number of fused-ring (bicyclic) bond motifs is 1. The zero-order valence-electron chi connectivity index (χ0n) is 8.25. The van der Waals surface area contributed by atoms with E-state index in [1.165, 1.54) is 6.21 Å². The molecule has 0 fully saturated rings. The van der Waals surface area contributed by atoms with Gasteiger partial charge >= 0.3 is 0 Å². The Morgan fingerprint density at radius 2 is 2.25 bits per heavy atom. The number of hydrogen-bond acceptors (Lipinski definition) is 4. The lowest BCUT2D eigenvalue weighted by Gasteiger charge is -1.96. The molecular weight excluding hydrogens is 208 g/mol. The highest BCUT2D eigenvalue weighted by Gasteiger charge is 2.12. The third kappa shape index (κ3) is 2.09. The molecule has 0 unspecified atom stereocenters. The van der Waals surface area contributed by atoms with Gasteiger partial charge in [0.25, 0.3) is 0 Å². The first-order valence-corrected chi connectivity index (χ1v) is 4.45. The minimum absolute atomic E-state index is 0.0832. The normalized spacial score (nSPS) is 14.1. The molecule has 0 bridgehead atoms. The molecule has 6 nitrogen and oxygen atoms in total. The SMILES string of the molecule is N#CN=C(N)/N=C/c1ccc2c(c1)OCO2. The average molecular weight is 216 g/mol. The van der Waals surface area contributed by atoms with Crippen molar-refractivity contribution in [1.29, 1.82) is 5.26 Å². The highest BCUT2D eigenvalue weighted by Crippen LogP contribution is 2.31. The second kappa shape index (κ2) is 4.31. The number of nitrogens with two attached hydrogens (primary N) is 1. The van der Waals surface area contributed by atoms with E-state index in [1.54, 1.807) is 24.4 Å². The van der Waals surface area contributed by atoms with Crippen LogP contribution in [0, 0.1) is 11.5 Å². The third-order valence-electron chi connectivity index (χ3n) is 1.91. The van der Waals surface area contributed by atoms with Crippen LogP contribution in [-0.4, -0.2) is 19.0 Å². The summed E-state index contributed by atoms with van der Waals surface area (Å²) in [5.74, 6) is 1.29. The monoisotopic (exact) mass is 216 g/mol. The first-order chi connectivity index (χ1) is 7.79. The lowest BCUT2D eigenvalue weighted by Crippen LogP contribution is -2.07. The van der Waals surface area contributed by atoms with E-state index < -0.39 is 0 Å². The van der Waals surface area contributed by atoms with Crippen LogP contribution in [0.2, 0.25) is 0 Å². The minimum Gasteiger partial charge on any atom is -0.454 e. The Labute approximate surface area is 91.6 Å². The van der Waals surface area contributed by atoms with E-state index in [0.29, 0.717) is 11.5 Å². The Bertz CT molecular complexity index is 502. The van der Waals surface area contributed by atoms with Crippen molar-refractivity contribution in [2.75, 3.05) is 6.79 Å². The molecule has 1 aromatic rings. The lowest BCUT2D eigenvalue weighted by atomic mass is 10.2. The van der Waals surface area contributed by atoms with E-state index in [0.717, 1.165) is 5.56 Å². The van der Waals surface area contributed by atoms with Gasteiger partial charge in [0, 0.05) is 6.21 Å². The van der Waals surface area contributed by atoms with Gasteiger partial charge < -0.3 is 15.2 Å². The minimum atomic E-state index is -0.0832. The first-order valence-electron chi connectivity index (χ1n) is 4.45. The van der Waals surface area contributed by atoms with Crippen LogP contribution in [0.1, 0.15) is 5.56 Å². The predicted octanol–water partition coefficient (Wildman–Crippen LogP) is 0.630. The number of nitrogens with zero attached hydrogens (tertiary/aromatic N) is 3. The maximum Gasteiger partial charge on any atom is 0.231 e. The maximum atomic E-state index is 8.23. The summed E-state index contributed by atoms with van der Waals surface area (Å²) < 4.78 is 10.4. The van der Waals surface area contributed by atoms with Gasteiger partial charge in [-0.1, -0.05) is 0 Å². The number of hydrogen-bond donors (Lipinski definition) is 1. The molecule has 0 aliphatic carbocycles. The Balaban J connectivity index is 2.17. The summed E-state index contributed by atoms with van der Waals surface area (Å²) in [7, 11) is 0. The fraction of sp³-hybridized carbons (Fsp3) is 0.100. The molecule has 1 aromatic carbocycles. The highest BCUT2D eigenvalue weighted by molar-refractivity contribution is 5.93. The number of benzene rings is 1. The topological polar surface area (TPSA) is 93.0 Å². The van der Waals surface area contributed by atoms with Gasteiger partial charge in [-0.05, 0) is 23.8 Å². The highest BCUT2D eigenvalue weighted by atomic mass is 16.7. The van der Waals surface area contributed by atoms with E-state index in [9.17, 15) is 0 Å². The van der Waals surface area contributed by atoms with Gasteiger partial charge in [0.2, 0.25) is 18.9 Å². The summed E-state index contributed by atoms with van der Waals surface area (Å²) in [6, 6.07) is 5.35. The first kappa shape index (κ1) is 9.98. The van der Waals surface area contributed by atoms with Crippen LogP contribution in [0.5, 0.6) is 11.5 Å². The number of ether oxygens (including phenoxy) is 2. The number of aliphatic imine (C=N–C) groups is 2. The fourth-order valence-electron chi connectivity index (χ4n) is 1.21. The molecule has 6 heteroatoms. The maximum absolute atomic E-state index is 8.23. The molecule has 0 saturated heterocycles. The van der Waals surface area contributed by atoms with Gasteiger partial charge in [-0.25, -0.2) is 4.99 Å². The summed E-state index contributed by atoms with van der Waals surface area (Å²) >= 11 is 0. The smallest absolute Gasteiger partial charge is 0.231 e. The average Bonchev–Trinajstić information content (AvgIpc) is 2.74. The van der Waals surface area contributed by atoms with E-state index >= 15 is 0 Å². The summed E-state index contributed by atoms with van der Waals surface area (Å²) in [4.78, 5) is 7.05. The molecule has 0 amide bonds. The van der Waals surface area contributed by atoms with E-state index in [2.05, 4.69) is 9.98 Å². The van der Waals surface area contributed by atoms with Crippen LogP contribution in [0.25, 0.3) is 0 Å². The summed E-state index contributed by atoms with van der Waals surface area (Å²) in [6.45, 7) is 0.230. The Kier molecular flexibility index (Phi) is 2.69. The van der Waals surface area contributed by atoms with Gasteiger partial charge in [0.05, 0.1) is 0 Å². The zero-order valence-corrected chi connectivity index (χ0v) is 8.25. The molecule has 16 heavy (non-hydrogen) atoms. The number of nitriles is 1. The van der Waals surface area contributed by atoms with Crippen LogP contribution >= 0.6 is 0 Å². The van der Waals surface area contributed by atoms with Crippen molar-refractivity contribution < 1.29 is 9.47 Å². The molecular formula is C10H8N4O2. The largest absolute Gasteiger partial charge is 0.454 e. The van der Waals surface area contributed by atoms with Gasteiger partial charge in [0.1, 0.15) is 0 Å². The van der Waals surface area contributed by atoms with Gasteiger partial charge in [-0.15, -0.1) is 4.99 Å². The van der Waals surface area contributed by atoms with Crippen LogP contribution < -0.4 is 15.2 Å². The Morgan fingerprint density at radius 1 is 1.44 bits per heavy atom. The molecule has 0 spiro atoms. The van der Waals surface area contributed by atoms with Crippen LogP contribution in [0.4, 0.5) is 0 Å². The predicted molar refractivity (Wildman–Crippen MR) is 57.4 cm³/mol. The van der Waals surface area contributed by atoms with Crippen LogP contribution in [-0.2, 0) is 0 Å². The molecule has 2 rings (SSSR count). The second-order valence-electron chi connectivity index (χ2n) is 2.94. The fourth-order valence-corrected chi connectivity index (χ4v) is 1.21. The Morgan fingerprint density at radius 3 is 3.06 bits per heavy atom. The molecule has 0 aromatic heterocycles. The number of guanidine groups is 1. The van der Waals surface area contributed by atoms with Gasteiger partial charge in [-0.3, -0.25) is 0 Å². The van der Waals surface area contributed by atoms with Crippen molar-refractivity contribution >= 4 is 12.2 Å². The Hall–Kier alpha value is -2.55. The molecule has 1 aliphatic heterocycles. The standard InChI is InChI=1S/C10H8N4O2/c11-5-14-10(12)13-4-7-1-2-8-9(3-7)16-6-15-8/h1-4H,6H2,(H2,12,14)/b13-4+. The van der Waals surface area contributed by atoms with E-state index in [-0.39, 0.29) is 12.8 Å². The van der Waals surface area contributed by atoms with Crippen molar-refractivity contribution in [3.8, 4) is 17.7 Å². The molecule has 0 atom stereocenters. The lowest BCUT2D eigenvalue weighted by molar-refractivity contribution is 0.174. The van der Waals surface area contributed by atoms with Crippen molar-refractivity contribution in [2.24, 2.45) is 15.7 Å². The molecule has 1 aliphatic rings. The summed E-state index contributed by atoms with van der Waals surface area (Å²) in [5, 5.41) is 8.23. The van der Waals surface area contributed by atoms with Crippen molar-refractivity contribution in [1.82, 2.24) is 0 Å². The van der Waals surface area contributed by atoms with Crippen molar-refractivity contribution in [3.05, 3.63) is 23.8 Å². The third-order valence-corrected chi connectivity index (χ3v) is 1.91. The molecule has 0 saturated carbocycles. The van der Waals surface area contributed by atoms with Gasteiger partial charge in [0.15, 0.2) is 11.5 Å². The summed E-state index contributed by atoms with van der Waals surface area (Å²) in [6.07, 6.45) is 3.05. The summed E-state index contributed by atoms with van der Waals surface area (Å²) in [5.41, 5.74) is 6.11. The van der Waals surface area contributed by atoms with E-state index in [4.69, 9.17) is 20.5 Å². The van der Waals surface area contributed by atoms with Crippen LogP contribution in [0.3, 0.4) is 0 Å². The molecule has 80 valence electrons. The molecule has 0 radical (unpaired) electrons.